The number of nitrogens with one attached hydrogen (secondary N) is 2. The van der Waals surface area contributed by atoms with Gasteiger partial charge in [-0.3, -0.25) is 10.1 Å². The summed E-state index contributed by atoms with van der Waals surface area (Å²) in [6, 6.07) is 4.17. The van der Waals surface area contributed by atoms with Gasteiger partial charge in [0, 0.05) is 6.54 Å². The van der Waals surface area contributed by atoms with Crippen molar-refractivity contribution in [2.45, 2.75) is 27.7 Å². The average Bonchev–Trinajstić information content (AvgIpc) is 2.58. The molecule has 0 saturated carbocycles. The van der Waals surface area contributed by atoms with Crippen molar-refractivity contribution >= 4 is 28.9 Å². The van der Waals surface area contributed by atoms with Crippen LogP contribution in [0.3, 0.4) is 0 Å². The number of carbonyl (C=O) groups is 3. The SMILES string of the molecule is Cc1nc2ccc(C(=O)OCC(=O)NC(=O)NCC(C)C)cc2nc1C. The van der Waals surface area contributed by atoms with Crippen LogP contribution in [-0.4, -0.2) is 41.0 Å². The van der Waals surface area contributed by atoms with Gasteiger partial charge in [0.1, 0.15) is 0 Å². The number of aromatic nitrogens is 2. The number of fused-ring (bicyclic) bond motifs is 1. The Morgan fingerprint density at radius 2 is 1.73 bits per heavy atom. The molecular formula is C18H22N4O4. The number of carbonyl (C=O) groups excluding carboxylic acids is 3. The van der Waals surface area contributed by atoms with E-state index in [1.54, 1.807) is 18.2 Å². The fraction of sp³-hybridized carbons (Fsp3) is 0.389. The Kier molecular flexibility index (Phi) is 6.21. The van der Waals surface area contributed by atoms with Crippen LogP contribution in [-0.2, 0) is 9.53 Å². The van der Waals surface area contributed by atoms with E-state index in [9.17, 15) is 14.4 Å². The van der Waals surface area contributed by atoms with E-state index in [-0.39, 0.29) is 11.5 Å². The molecule has 0 fully saturated rings. The molecule has 0 unspecified atom stereocenters. The van der Waals surface area contributed by atoms with Crippen LogP contribution in [0, 0.1) is 19.8 Å². The smallest absolute Gasteiger partial charge is 0.338 e. The molecule has 8 heteroatoms. The van der Waals surface area contributed by atoms with Crippen molar-refractivity contribution in [1.29, 1.82) is 0 Å². The van der Waals surface area contributed by atoms with Crippen molar-refractivity contribution < 1.29 is 19.1 Å². The number of imide groups is 1. The fourth-order valence-electron chi connectivity index (χ4n) is 2.08. The first-order valence-corrected chi connectivity index (χ1v) is 8.26. The van der Waals surface area contributed by atoms with Crippen molar-refractivity contribution in [1.82, 2.24) is 20.6 Å². The highest BCUT2D eigenvalue weighted by Gasteiger charge is 2.14. The Balaban J connectivity index is 1.93. The summed E-state index contributed by atoms with van der Waals surface area (Å²) in [5, 5.41) is 4.63. The highest BCUT2D eigenvalue weighted by molar-refractivity contribution is 5.98. The number of nitrogens with zero attached hydrogens (tertiary/aromatic N) is 2. The highest BCUT2D eigenvalue weighted by atomic mass is 16.5. The second-order valence-corrected chi connectivity index (χ2v) is 6.33. The molecule has 1 aromatic carbocycles. The predicted octanol–water partition coefficient (Wildman–Crippen LogP) is 1.89. The number of hydrogen-bond acceptors (Lipinski definition) is 6. The van der Waals surface area contributed by atoms with Crippen molar-refractivity contribution in [3.63, 3.8) is 0 Å². The molecular weight excluding hydrogens is 336 g/mol. The van der Waals surface area contributed by atoms with Gasteiger partial charge in [-0.05, 0) is 38.0 Å². The number of amides is 3. The van der Waals surface area contributed by atoms with Crippen LogP contribution in [0.2, 0.25) is 0 Å². The van der Waals surface area contributed by atoms with E-state index in [1.165, 1.54) is 0 Å². The monoisotopic (exact) mass is 358 g/mol. The van der Waals surface area contributed by atoms with Crippen LogP contribution >= 0.6 is 0 Å². The Labute approximate surface area is 151 Å². The van der Waals surface area contributed by atoms with Gasteiger partial charge in [-0.2, -0.15) is 0 Å². The number of urea groups is 1. The summed E-state index contributed by atoms with van der Waals surface area (Å²) in [5.74, 6) is -1.12. The summed E-state index contributed by atoms with van der Waals surface area (Å²) < 4.78 is 4.94. The molecule has 1 heterocycles. The lowest BCUT2D eigenvalue weighted by atomic mass is 10.2. The van der Waals surface area contributed by atoms with Crippen LogP contribution in [0.25, 0.3) is 11.0 Å². The van der Waals surface area contributed by atoms with E-state index < -0.39 is 24.5 Å². The third kappa shape index (κ3) is 5.23. The standard InChI is InChI=1S/C18H22N4O4/c1-10(2)8-19-18(25)22-16(23)9-26-17(24)13-5-6-14-15(7-13)21-12(4)11(3)20-14/h5-7,10H,8-9H2,1-4H3,(H2,19,22,23,25). The van der Waals surface area contributed by atoms with Crippen LogP contribution < -0.4 is 10.6 Å². The van der Waals surface area contributed by atoms with Crippen molar-refractivity contribution in [2.75, 3.05) is 13.2 Å². The fourth-order valence-corrected chi connectivity index (χ4v) is 2.08. The number of aryl methyl sites for hydroxylation is 2. The van der Waals surface area contributed by atoms with E-state index in [2.05, 4.69) is 20.6 Å². The zero-order chi connectivity index (χ0) is 19.3. The minimum absolute atomic E-state index is 0.257. The Hall–Kier alpha value is -3.03. The lowest BCUT2D eigenvalue weighted by Gasteiger charge is -2.09. The van der Waals surface area contributed by atoms with Gasteiger partial charge < -0.3 is 10.1 Å². The molecule has 8 nitrogen and oxygen atoms in total. The molecule has 0 bridgehead atoms. The topological polar surface area (TPSA) is 110 Å². The first kappa shape index (κ1) is 19.3. The molecule has 138 valence electrons. The van der Waals surface area contributed by atoms with Crippen LogP contribution in [0.4, 0.5) is 4.79 Å². The molecule has 0 saturated heterocycles. The molecule has 0 aliphatic rings. The molecule has 2 aromatic rings. The molecule has 0 radical (unpaired) electrons. The first-order chi connectivity index (χ1) is 12.3. The Bertz CT molecular complexity index is 848. The van der Waals surface area contributed by atoms with E-state index in [1.807, 2.05) is 27.7 Å². The maximum Gasteiger partial charge on any atom is 0.338 e. The summed E-state index contributed by atoms with van der Waals surface area (Å²) in [5.41, 5.74) is 3.09. The lowest BCUT2D eigenvalue weighted by molar-refractivity contribution is -0.123. The number of benzene rings is 1. The molecule has 2 rings (SSSR count). The Morgan fingerprint density at radius 3 is 2.38 bits per heavy atom. The van der Waals surface area contributed by atoms with Gasteiger partial charge in [0.15, 0.2) is 6.61 Å². The summed E-state index contributed by atoms with van der Waals surface area (Å²) in [6.07, 6.45) is 0. The van der Waals surface area contributed by atoms with Gasteiger partial charge in [-0.1, -0.05) is 13.8 Å². The predicted molar refractivity (Wildman–Crippen MR) is 95.7 cm³/mol. The van der Waals surface area contributed by atoms with Crippen molar-refractivity contribution in [3.8, 4) is 0 Å². The van der Waals surface area contributed by atoms with Crippen LogP contribution in [0.1, 0.15) is 35.6 Å². The molecule has 0 atom stereocenters. The largest absolute Gasteiger partial charge is 0.452 e. The van der Waals surface area contributed by atoms with Gasteiger partial charge in [0.25, 0.3) is 5.91 Å². The van der Waals surface area contributed by atoms with Crippen molar-refractivity contribution in [2.24, 2.45) is 5.92 Å². The summed E-state index contributed by atoms with van der Waals surface area (Å²) >= 11 is 0. The maximum absolute atomic E-state index is 12.1. The van der Waals surface area contributed by atoms with E-state index >= 15 is 0 Å². The molecule has 0 spiro atoms. The molecule has 26 heavy (non-hydrogen) atoms. The second kappa shape index (κ2) is 8.37. The highest BCUT2D eigenvalue weighted by Crippen LogP contribution is 2.15. The van der Waals surface area contributed by atoms with Gasteiger partial charge >= 0.3 is 12.0 Å². The lowest BCUT2D eigenvalue weighted by Crippen LogP contribution is -2.42. The van der Waals surface area contributed by atoms with Gasteiger partial charge in [-0.15, -0.1) is 0 Å². The van der Waals surface area contributed by atoms with Gasteiger partial charge in [-0.25, -0.2) is 19.6 Å². The molecule has 0 aliphatic heterocycles. The number of rotatable bonds is 5. The first-order valence-electron chi connectivity index (χ1n) is 8.26. The third-order valence-electron chi connectivity index (χ3n) is 3.57. The van der Waals surface area contributed by atoms with E-state index in [0.29, 0.717) is 17.6 Å². The van der Waals surface area contributed by atoms with Gasteiger partial charge in [0.05, 0.1) is 28.0 Å². The quantitative estimate of drug-likeness (QED) is 0.790. The maximum atomic E-state index is 12.1. The second-order valence-electron chi connectivity index (χ2n) is 6.33. The van der Waals surface area contributed by atoms with E-state index in [0.717, 1.165) is 11.4 Å². The zero-order valence-corrected chi connectivity index (χ0v) is 15.3. The minimum Gasteiger partial charge on any atom is -0.452 e. The molecule has 3 amide bonds. The minimum atomic E-state index is -0.702. The molecule has 0 aliphatic carbocycles. The summed E-state index contributed by atoms with van der Waals surface area (Å²) in [4.78, 5) is 44.0. The third-order valence-corrected chi connectivity index (χ3v) is 3.57. The zero-order valence-electron chi connectivity index (χ0n) is 15.3. The number of hydrogen-bond donors (Lipinski definition) is 2. The average molecular weight is 358 g/mol. The van der Waals surface area contributed by atoms with Gasteiger partial charge in [0.2, 0.25) is 0 Å². The van der Waals surface area contributed by atoms with E-state index in [4.69, 9.17) is 4.74 Å². The summed E-state index contributed by atoms with van der Waals surface area (Å²) in [7, 11) is 0. The number of ether oxygens (including phenoxy) is 1. The van der Waals surface area contributed by atoms with Crippen molar-refractivity contribution in [3.05, 3.63) is 35.2 Å². The van der Waals surface area contributed by atoms with Crippen LogP contribution in [0.5, 0.6) is 0 Å². The molecule has 2 N–H and O–H groups in total. The number of esters is 1. The normalized spacial score (nSPS) is 10.7. The Morgan fingerprint density at radius 1 is 1.08 bits per heavy atom. The van der Waals surface area contributed by atoms with Crippen LogP contribution in [0.15, 0.2) is 18.2 Å². The summed E-state index contributed by atoms with van der Waals surface area (Å²) in [6.45, 7) is 7.45. The molecule has 1 aromatic heterocycles.